The second kappa shape index (κ2) is 6.81. The number of ketones is 2. The third-order valence-corrected chi connectivity index (χ3v) is 9.09. The molecule has 4 aliphatic carbocycles. The van der Waals surface area contributed by atoms with Crippen molar-refractivity contribution in [3.05, 3.63) is 11.6 Å². The van der Waals surface area contributed by atoms with Crippen molar-refractivity contribution in [3.63, 3.8) is 0 Å². The van der Waals surface area contributed by atoms with Crippen LogP contribution in [-0.2, 0) is 19.1 Å². The van der Waals surface area contributed by atoms with E-state index in [9.17, 15) is 14.4 Å². The van der Waals surface area contributed by atoms with Crippen LogP contribution in [0.2, 0.25) is 0 Å². The molecule has 4 heteroatoms. The van der Waals surface area contributed by atoms with Gasteiger partial charge in [-0.05, 0) is 79.1 Å². The molecule has 0 aromatic heterocycles. The molecule has 0 bridgehead atoms. The minimum atomic E-state index is -0.378. The number of hydrogen-bond donors (Lipinski definition) is 0. The zero-order valence-corrected chi connectivity index (χ0v) is 17.8. The Bertz CT molecular complexity index is 737. The fourth-order valence-electron chi connectivity index (χ4n) is 7.79. The quantitative estimate of drug-likeness (QED) is 0.670. The number of Topliss-reactive ketones (excluding diaryl/α,β-unsaturated/α-hetero) is 1. The third kappa shape index (κ3) is 2.90. The molecule has 28 heavy (non-hydrogen) atoms. The Morgan fingerprint density at radius 3 is 2.61 bits per heavy atom. The number of carbonyl (C=O) groups excluding carboxylic acids is 3. The van der Waals surface area contributed by atoms with Crippen LogP contribution in [0.3, 0.4) is 0 Å². The lowest BCUT2D eigenvalue weighted by molar-refractivity contribution is -0.149. The minimum Gasteiger partial charge on any atom is -0.458 e. The van der Waals surface area contributed by atoms with E-state index in [-0.39, 0.29) is 35.1 Å². The molecule has 7 atom stereocenters. The number of ether oxygens (including phenoxy) is 1. The summed E-state index contributed by atoms with van der Waals surface area (Å²) in [5.41, 5.74) is 1.58. The number of fused-ring (bicyclic) bond motifs is 5. The van der Waals surface area contributed by atoms with Crippen molar-refractivity contribution in [2.24, 2.45) is 40.4 Å². The Morgan fingerprint density at radius 1 is 1.14 bits per heavy atom. The summed E-state index contributed by atoms with van der Waals surface area (Å²) in [4.78, 5) is 36.1. The van der Waals surface area contributed by atoms with Crippen molar-refractivity contribution in [2.75, 3.05) is 6.61 Å². The molecule has 0 aromatic rings. The molecule has 0 N–H and O–H groups in total. The number of rotatable bonds is 3. The lowest BCUT2D eigenvalue weighted by atomic mass is 9.45. The molecule has 0 aromatic carbocycles. The predicted octanol–water partition coefficient (Wildman–Crippen LogP) is 4.51. The smallest absolute Gasteiger partial charge is 0.303 e. The Kier molecular flexibility index (Phi) is 4.83. The average Bonchev–Trinajstić information content (AvgIpc) is 2.99. The Labute approximate surface area is 168 Å². The minimum absolute atomic E-state index is 0.0192. The highest BCUT2D eigenvalue weighted by Gasteiger charge is 2.61. The first-order valence-corrected chi connectivity index (χ1v) is 11.1. The second-order valence-electron chi connectivity index (χ2n) is 10.4. The van der Waals surface area contributed by atoms with Crippen LogP contribution in [0.1, 0.15) is 72.6 Å². The fourth-order valence-corrected chi connectivity index (χ4v) is 7.79. The van der Waals surface area contributed by atoms with Gasteiger partial charge in [0, 0.05) is 19.3 Å². The number of hydrogen-bond acceptors (Lipinski definition) is 4. The lowest BCUT2D eigenvalue weighted by Crippen LogP contribution is -2.53. The lowest BCUT2D eigenvalue weighted by Gasteiger charge is -2.59. The van der Waals surface area contributed by atoms with Gasteiger partial charge >= 0.3 is 5.97 Å². The second-order valence-corrected chi connectivity index (χ2v) is 10.4. The van der Waals surface area contributed by atoms with Crippen LogP contribution in [0.4, 0.5) is 0 Å². The van der Waals surface area contributed by atoms with Crippen molar-refractivity contribution in [2.45, 2.75) is 72.6 Å². The molecule has 3 saturated carbocycles. The van der Waals surface area contributed by atoms with E-state index in [0.717, 1.165) is 38.5 Å². The molecule has 0 heterocycles. The van der Waals surface area contributed by atoms with E-state index in [2.05, 4.69) is 20.8 Å². The maximum atomic E-state index is 12.8. The van der Waals surface area contributed by atoms with Crippen LogP contribution in [0.5, 0.6) is 0 Å². The van der Waals surface area contributed by atoms with E-state index in [1.807, 2.05) is 6.08 Å². The van der Waals surface area contributed by atoms with Crippen molar-refractivity contribution >= 4 is 17.5 Å². The number of allylic oxidation sites excluding steroid dienone is 1. The molecular weight excluding hydrogens is 352 g/mol. The van der Waals surface area contributed by atoms with Gasteiger partial charge < -0.3 is 4.74 Å². The standard InChI is InChI=1S/C24H34O4/c1-14-11-17-18-5-6-20(22(27)13-28-15(2)25)23(18,3)10-8-19(17)24(4)9-7-16(26)12-21(14)24/h12,14,17-20H,5-11,13H2,1-4H3/t14?,17-,18-,19-,20+,23-,24+/m0/s1. The van der Waals surface area contributed by atoms with Crippen LogP contribution < -0.4 is 0 Å². The highest BCUT2D eigenvalue weighted by atomic mass is 16.5. The topological polar surface area (TPSA) is 60.4 Å². The Balaban J connectivity index is 1.59. The maximum Gasteiger partial charge on any atom is 0.303 e. The summed E-state index contributed by atoms with van der Waals surface area (Å²) < 4.78 is 5.03. The summed E-state index contributed by atoms with van der Waals surface area (Å²) >= 11 is 0. The van der Waals surface area contributed by atoms with Gasteiger partial charge in [-0.15, -0.1) is 0 Å². The van der Waals surface area contributed by atoms with Gasteiger partial charge in [-0.2, -0.15) is 0 Å². The van der Waals surface area contributed by atoms with Crippen LogP contribution >= 0.6 is 0 Å². The summed E-state index contributed by atoms with van der Waals surface area (Å²) in [6.45, 7) is 8.31. The first-order valence-electron chi connectivity index (χ1n) is 11.1. The van der Waals surface area contributed by atoms with Crippen molar-refractivity contribution in [1.82, 2.24) is 0 Å². The molecule has 4 nitrogen and oxygen atoms in total. The maximum absolute atomic E-state index is 12.8. The van der Waals surface area contributed by atoms with E-state index < -0.39 is 0 Å². The molecule has 0 saturated heterocycles. The summed E-state index contributed by atoms with van der Waals surface area (Å²) in [6.07, 6.45) is 9.03. The van der Waals surface area contributed by atoms with Gasteiger partial charge in [0.05, 0.1) is 0 Å². The van der Waals surface area contributed by atoms with Crippen LogP contribution in [0.25, 0.3) is 0 Å². The normalized spacial score (nSPS) is 44.8. The molecule has 3 fully saturated rings. The van der Waals surface area contributed by atoms with E-state index in [0.29, 0.717) is 35.9 Å². The van der Waals surface area contributed by atoms with Crippen LogP contribution in [0.15, 0.2) is 11.6 Å². The first kappa shape index (κ1) is 19.8. The zero-order valence-electron chi connectivity index (χ0n) is 17.8. The van der Waals surface area contributed by atoms with Crippen molar-refractivity contribution < 1.29 is 19.1 Å². The molecule has 4 rings (SSSR count). The van der Waals surface area contributed by atoms with E-state index in [1.54, 1.807) is 0 Å². The SMILES string of the molecule is CC(=O)OCC(=O)[C@H]1CC[C@H]2[C@@H]3CC(C)C4=CC(=O)CC[C@]4(C)[C@H]3CC[C@]12C. The number of esters is 1. The van der Waals surface area contributed by atoms with Gasteiger partial charge in [0.15, 0.2) is 11.6 Å². The summed E-state index contributed by atoms with van der Waals surface area (Å²) in [5.74, 6) is 2.33. The van der Waals surface area contributed by atoms with Gasteiger partial charge in [-0.3, -0.25) is 14.4 Å². The Morgan fingerprint density at radius 2 is 1.89 bits per heavy atom. The van der Waals surface area contributed by atoms with E-state index in [1.165, 1.54) is 12.5 Å². The average molecular weight is 387 g/mol. The third-order valence-electron chi connectivity index (χ3n) is 9.09. The van der Waals surface area contributed by atoms with Gasteiger partial charge in [-0.1, -0.05) is 26.3 Å². The largest absolute Gasteiger partial charge is 0.458 e. The monoisotopic (exact) mass is 386 g/mol. The predicted molar refractivity (Wildman–Crippen MR) is 106 cm³/mol. The molecule has 0 radical (unpaired) electrons. The molecule has 0 aliphatic heterocycles. The van der Waals surface area contributed by atoms with Gasteiger partial charge in [-0.25, -0.2) is 0 Å². The molecule has 4 aliphatic rings. The summed E-state index contributed by atoms with van der Waals surface area (Å²) in [6, 6.07) is 0. The van der Waals surface area contributed by atoms with Gasteiger partial charge in [0.25, 0.3) is 0 Å². The van der Waals surface area contributed by atoms with Crippen LogP contribution in [0, 0.1) is 40.4 Å². The molecule has 0 spiro atoms. The zero-order chi connectivity index (χ0) is 20.3. The molecule has 154 valence electrons. The molecule has 1 unspecified atom stereocenters. The molecule has 0 amide bonds. The highest BCUT2D eigenvalue weighted by molar-refractivity contribution is 5.91. The summed E-state index contributed by atoms with van der Waals surface area (Å²) in [7, 11) is 0. The number of carbonyl (C=O) groups is 3. The van der Waals surface area contributed by atoms with Crippen molar-refractivity contribution in [1.29, 1.82) is 0 Å². The van der Waals surface area contributed by atoms with E-state index >= 15 is 0 Å². The van der Waals surface area contributed by atoms with Gasteiger partial charge in [0.1, 0.15) is 6.61 Å². The first-order chi connectivity index (χ1) is 13.2. The fraction of sp³-hybridized carbons (Fsp3) is 0.792. The van der Waals surface area contributed by atoms with Gasteiger partial charge in [0.2, 0.25) is 0 Å². The van der Waals surface area contributed by atoms with E-state index in [4.69, 9.17) is 4.74 Å². The highest BCUT2D eigenvalue weighted by Crippen LogP contribution is 2.67. The van der Waals surface area contributed by atoms with Crippen LogP contribution in [-0.4, -0.2) is 24.1 Å². The summed E-state index contributed by atoms with van der Waals surface area (Å²) in [5, 5.41) is 0. The Hall–Kier alpha value is -1.45. The molecular formula is C24H34O4. The van der Waals surface area contributed by atoms with Crippen molar-refractivity contribution in [3.8, 4) is 0 Å².